The molecule has 8 heteroatoms. The third-order valence-corrected chi connectivity index (χ3v) is 2.74. The van der Waals surface area contributed by atoms with Gasteiger partial charge in [-0.15, -0.1) is 10.2 Å². The highest BCUT2D eigenvalue weighted by Gasteiger charge is 2.10. The summed E-state index contributed by atoms with van der Waals surface area (Å²) in [5.74, 6) is -0.274. The number of hydrogen-bond acceptors (Lipinski definition) is 4. The van der Waals surface area contributed by atoms with Gasteiger partial charge in [-0.25, -0.2) is 4.39 Å². The van der Waals surface area contributed by atoms with Crippen molar-refractivity contribution in [3.63, 3.8) is 0 Å². The Bertz CT molecular complexity index is 570. The van der Waals surface area contributed by atoms with Crippen LogP contribution in [0.5, 0.6) is 11.6 Å². The molecule has 0 radical (unpaired) electrons. The molecule has 88 valence electrons. The van der Waals surface area contributed by atoms with Crippen LogP contribution < -0.4 is 4.74 Å². The van der Waals surface area contributed by atoms with E-state index in [1.165, 1.54) is 12.1 Å². The molecule has 0 N–H and O–H groups in total. The number of benzene rings is 1. The van der Waals surface area contributed by atoms with E-state index >= 15 is 0 Å². The van der Waals surface area contributed by atoms with Crippen LogP contribution in [0.3, 0.4) is 0 Å². The highest BCUT2D eigenvalue weighted by atomic mass is 79.9. The van der Waals surface area contributed by atoms with E-state index in [9.17, 15) is 4.39 Å². The standard InChI is InChI=1S/C9H3BrCl2FN3O/c10-5-2-1-4(3-6(5)13)17-8-7(11)15-16-9(12)14-8/h1-3H. The van der Waals surface area contributed by atoms with Gasteiger partial charge in [-0.3, -0.25) is 0 Å². The van der Waals surface area contributed by atoms with Crippen molar-refractivity contribution in [3.05, 3.63) is 38.9 Å². The van der Waals surface area contributed by atoms with Gasteiger partial charge in [-0.1, -0.05) is 11.6 Å². The smallest absolute Gasteiger partial charge is 0.262 e. The second kappa shape index (κ2) is 5.12. The van der Waals surface area contributed by atoms with Crippen LogP contribution in [0.2, 0.25) is 10.4 Å². The molecule has 0 bridgehead atoms. The van der Waals surface area contributed by atoms with Gasteiger partial charge in [0.05, 0.1) is 4.47 Å². The lowest BCUT2D eigenvalue weighted by Gasteiger charge is -2.05. The van der Waals surface area contributed by atoms with Crippen LogP contribution in [0.1, 0.15) is 0 Å². The molecular weight excluding hydrogens is 336 g/mol. The fourth-order valence-electron chi connectivity index (χ4n) is 0.997. The Balaban J connectivity index is 2.31. The van der Waals surface area contributed by atoms with E-state index in [4.69, 9.17) is 27.9 Å². The predicted molar refractivity (Wildman–Crippen MR) is 64.0 cm³/mol. The van der Waals surface area contributed by atoms with Gasteiger partial charge >= 0.3 is 0 Å². The second-order valence-electron chi connectivity index (χ2n) is 2.85. The highest BCUT2D eigenvalue weighted by Crippen LogP contribution is 2.28. The SMILES string of the molecule is Fc1cc(Oc2nc(Cl)nnc2Cl)ccc1Br. The molecule has 2 rings (SSSR count). The monoisotopic (exact) mass is 337 g/mol. The summed E-state index contributed by atoms with van der Waals surface area (Å²) in [6, 6.07) is 4.21. The van der Waals surface area contributed by atoms with Crippen molar-refractivity contribution >= 4 is 39.1 Å². The second-order valence-corrected chi connectivity index (χ2v) is 4.41. The Morgan fingerprint density at radius 3 is 2.71 bits per heavy atom. The zero-order chi connectivity index (χ0) is 12.4. The zero-order valence-corrected chi connectivity index (χ0v) is 11.1. The molecule has 0 unspecified atom stereocenters. The van der Waals surface area contributed by atoms with E-state index in [2.05, 4.69) is 31.1 Å². The third kappa shape index (κ3) is 3.02. The molecule has 0 fully saturated rings. The van der Waals surface area contributed by atoms with Gasteiger partial charge in [0.15, 0.2) is 0 Å². The summed E-state index contributed by atoms with van der Waals surface area (Å²) in [5, 5.41) is 6.76. The van der Waals surface area contributed by atoms with Gasteiger partial charge in [0.1, 0.15) is 11.6 Å². The van der Waals surface area contributed by atoms with Crippen LogP contribution in [-0.2, 0) is 0 Å². The number of aromatic nitrogens is 3. The third-order valence-electron chi connectivity index (χ3n) is 1.70. The first-order valence-electron chi connectivity index (χ1n) is 4.25. The number of nitrogens with zero attached hydrogens (tertiary/aromatic N) is 3. The average Bonchev–Trinajstić information content (AvgIpc) is 2.29. The van der Waals surface area contributed by atoms with Crippen molar-refractivity contribution in [2.24, 2.45) is 0 Å². The van der Waals surface area contributed by atoms with Gasteiger partial charge in [0.25, 0.3) is 5.88 Å². The molecule has 17 heavy (non-hydrogen) atoms. The molecule has 1 heterocycles. The summed E-state index contributed by atoms with van der Waals surface area (Å²) in [6.45, 7) is 0. The molecule has 0 aliphatic heterocycles. The summed E-state index contributed by atoms with van der Waals surface area (Å²) >= 11 is 14.3. The van der Waals surface area contributed by atoms with E-state index in [1.807, 2.05) is 0 Å². The molecule has 0 saturated carbocycles. The molecule has 2 aromatic rings. The number of hydrogen-bond donors (Lipinski definition) is 0. The van der Waals surface area contributed by atoms with Crippen LogP contribution in [0.15, 0.2) is 22.7 Å². The molecule has 0 saturated heterocycles. The van der Waals surface area contributed by atoms with Crippen molar-refractivity contribution in [2.45, 2.75) is 0 Å². The Morgan fingerprint density at radius 1 is 1.24 bits per heavy atom. The number of ether oxygens (including phenoxy) is 1. The van der Waals surface area contributed by atoms with E-state index in [0.29, 0.717) is 4.47 Å². The maximum Gasteiger partial charge on any atom is 0.262 e. The zero-order valence-electron chi connectivity index (χ0n) is 7.99. The molecule has 0 spiro atoms. The Labute approximate surface area is 114 Å². The average molecular weight is 339 g/mol. The fourth-order valence-corrected chi connectivity index (χ4v) is 1.48. The molecular formula is C9H3BrCl2FN3O. The van der Waals surface area contributed by atoms with E-state index in [-0.39, 0.29) is 22.1 Å². The Hall–Kier alpha value is -0.980. The highest BCUT2D eigenvalue weighted by molar-refractivity contribution is 9.10. The van der Waals surface area contributed by atoms with E-state index in [0.717, 1.165) is 0 Å². The van der Waals surface area contributed by atoms with Crippen LogP contribution in [-0.4, -0.2) is 15.2 Å². The lowest BCUT2D eigenvalue weighted by molar-refractivity contribution is 0.452. The normalized spacial score (nSPS) is 10.4. The Morgan fingerprint density at radius 2 is 2.00 bits per heavy atom. The van der Waals surface area contributed by atoms with Crippen molar-refractivity contribution in [1.82, 2.24) is 15.2 Å². The maximum absolute atomic E-state index is 13.2. The van der Waals surface area contributed by atoms with Crippen molar-refractivity contribution < 1.29 is 9.13 Å². The summed E-state index contributed by atoms with van der Waals surface area (Å²) in [6.07, 6.45) is 0. The van der Waals surface area contributed by atoms with Crippen LogP contribution in [0, 0.1) is 5.82 Å². The van der Waals surface area contributed by atoms with Crippen LogP contribution >= 0.6 is 39.1 Å². The van der Waals surface area contributed by atoms with Gasteiger partial charge in [0, 0.05) is 6.07 Å². The topological polar surface area (TPSA) is 47.9 Å². The maximum atomic E-state index is 13.2. The largest absolute Gasteiger partial charge is 0.436 e. The minimum absolute atomic E-state index is 0.0339. The number of halogens is 4. The molecule has 4 nitrogen and oxygen atoms in total. The summed E-state index contributed by atoms with van der Waals surface area (Å²) in [7, 11) is 0. The fraction of sp³-hybridized carbons (Fsp3) is 0. The Kier molecular flexibility index (Phi) is 3.76. The molecule has 0 atom stereocenters. The first-order valence-corrected chi connectivity index (χ1v) is 5.80. The van der Waals surface area contributed by atoms with Gasteiger partial charge in [-0.05, 0) is 39.7 Å². The predicted octanol–water partition coefficient (Wildman–Crippen LogP) is 3.87. The van der Waals surface area contributed by atoms with Crippen LogP contribution in [0.4, 0.5) is 4.39 Å². The minimum atomic E-state index is -0.466. The molecule has 1 aromatic carbocycles. The summed E-state index contributed by atoms with van der Waals surface area (Å²) in [4.78, 5) is 3.72. The molecule has 0 aliphatic rings. The van der Waals surface area contributed by atoms with E-state index in [1.54, 1.807) is 6.07 Å². The number of rotatable bonds is 2. The molecule has 1 aromatic heterocycles. The molecule has 0 amide bonds. The first-order chi connectivity index (χ1) is 8.06. The van der Waals surface area contributed by atoms with Gasteiger partial charge in [-0.2, -0.15) is 4.98 Å². The summed E-state index contributed by atoms with van der Waals surface area (Å²) < 4.78 is 18.8. The summed E-state index contributed by atoms with van der Waals surface area (Å²) in [5.41, 5.74) is 0. The van der Waals surface area contributed by atoms with Crippen molar-refractivity contribution in [2.75, 3.05) is 0 Å². The minimum Gasteiger partial charge on any atom is -0.436 e. The van der Waals surface area contributed by atoms with Crippen molar-refractivity contribution in [3.8, 4) is 11.6 Å². The van der Waals surface area contributed by atoms with Gasteiger partial charge in [0.2, 0.25) is 10.4 Å². The molecule has 0 aliphatic carbocycles. The lowest BCUT2D eigenvalue weighted by atomic mass is 10.3. The quantitative estimate of drug-likeness (QED) is 0.833. The van der Waals surface area contributed by atoms with Gasteiger partial charge < -0.3 is 4.74 Å². The lowest BCUT2D eigenvalue weighted by Crippen LogP contribution is -1.95. The van der Waals surface area contributed by atoms with E-state index < -0.39 is 5.82 Å². The first kappa shape index (κ1) is 12.5. The van der Waals surface area contributed by atoms with Crippen molar-refractivity contribution in [1.29, 1.82) is 0 Å². The van der Waals surface area contributed by atoms with Crippen LogP contribution in [0.25, 0.3) is 0 Å².